The summed E-state index contributed by atoms with van der Waals surface area (Å²) in [5.74, 6) is 1.44. The Morgan fingerprint density at radius 1 is 1.22 bits per heavy atom. The van der Waals surface area contributed by atoms with E-state index < -0.39 is 0 Å². The Morgan fingerprint density at radius 3 is 2.48 bits per heavy atom. The number of piperidine rings is 2. The number of thiophene rings is 1. The van der Waals surface area contributed by atoms with Crippen molar-refractivity contribution in [1.29, 1.82) is 0 Å². The largest absolute Gasteiger partial charge is 0.348 e. The number of carbonyl (C=O) groups is 2. The van der Waals surface area contributed by atoms with Gasteiger partial charge in [-0.15, -0.1) is 23.7 Å². The summed E-state index contributed by atoms with van der Waals surface area (Å²) in [5.41, 5.74) is 0. The van der Waals surface area contributed by atoms with Gasteiger partial charge < -0.3 is 15.5 Å². The SMILES string of the molecule is Cc1ccc(C(=O)NC2CCN(C(=O)CC(C)C3CCNCC3)CC2)s1.Cl. The first-order chi connectivity index (χ1) is 12.5. The summed E-state index contributed by atoms with van der Waals surface area (Å²) < 4.78 is 0. The van der Waals surface area contributed by atoms with Gasteiger partial charge >= 0.3 is 0 Å². The fourth-order valence-electron chi connectivity index (χ4n) is 4.07. The van der Waals surface area contributed by atoms with Crippen LogP contribution in [0.1, 0.15) is 53.6 Å². The highest BCUT2D eigenvalue weighted by Crippen LogP contribution is 2.25. The Labute approximate surface area is 172 Å². The summed E-state index contributed by atoms with van der Waals surface area (Å²) >= 11 is 1.53. The molecule has 7 heteroatoms. The standard InChI is InChI=1S/C20H31N3O2S.ClH/c1-14(16-5-9-21-10-6-16)13-19(24)23-11-7-17(8-12-23)22-20(25)18-4-3-15(2)26-18;/h3-4,14,16-17,21H,5-13H2,1-2H3,(H,22,25);1H. The lowest BCUT2D eigenvalue weighted by Gasteiger charge is -2.34. The smallest absolute Gasteiger partial charge is 0.261 e. The quantitative estimate of drug-likeness (QED) is 0.779. The molecule has 2 saturated heterocycles. The minimum Gasteiger partial charge on any atom is -0.348 e. The second kappa shape index (κ2) is 10.4. The zero-order valence-electron chi connectivity index (χ0n) is 16.3. The number of nitrogens with one attached hydrogen (secondary N) is 2. The zero-order chi connectivity index (χ0) is 18.5. The number of halogens is 1. The van der Waals surface area contributed by atoms with E-state index in [2.05, 4.69) is 17.6 Å². The Kier molecular flexibility index (Phi) is 8.58. The van der Waals surface area contributed by atoms with E-state index >= 15 is 0 Å². The van der Waals surface area contributed by atoms with Gasteiger partial charge in [0.15, 0.2) is 0 Å². The molecule has 3 heterocycles. The third-order valence-corrected chi connectivity index (χ3v) is 6.83. The molecule has 1 aromatic heterocycles. The van der Waals surface area contributed by atoms with E-state index in [1.807, 2.05) is 24.0 Å². The van der Waals surface area contributed by atoms with Crippen LogP contribution in [0, 0.1) is 18.8 Å². The van der Waals surface area contributed by atoms with Gasteiger partial charge in [-0.1, -0.05) is 6.92 Å². The molecule has 0 aromatic carbocycles. The monoisotopic (exact) mass is 413 g/mol. The fraction of sp³-hybridized carbons (Fsp3) is 0.700. The number of likely N-dealkylation sites (tertiary alicyclic amines) is 1. The van der Waals surface area contributed by atoms with E-state index in [-0.39, 0.29) is 30.3 Å². The molecule has 1 atom stereocenters. The van der Waals surface area contributed by atoms with Crippen LogP contribution in [0.4, 0.5) is 0 Å². The molecule has 0 saturated carbocycles. The summed E-state index contributed by atoms with van der Waals surface area (Å²) in [6.45, 7) is 7.91. The topological polar surface area (TPSA) is 61.4 Å². The predicted molar refractivity (Wildman–Crippen MR) is 113 cm³/mol. The predicted octanol–water partition coefficient (Wildman–Crippen LogP) is 3.22. The molecular formula is C20H32ClN3O2S. The molecule has 2 aliphatic heterocycles. The maximum atomic E-state index is 12.6. The number of carbonyl (C=O) groups excluding carboxylic acids is 2. The van der Waals surface area contributed by atoms with Crippen molar-refractivity contribution >= 4 is 35.6 Å². The van der Waals surface area contributed by atoms with Gasteiger partial charge in [-0.2, -0.15) is 0 Å². The molecule has 2 fully saturated rings. The second-order valence-corrected chi connectivity index (χ2v) is 9.10. The molecule has 27 heavy (non-hydrogen) atoms. The highest BCUT2D eigenvalue weighted by Gasteiger charge is 2.27. The van der Waals surface area contributed by atoms with Crippen LogP contribution in [-0.4, -0.2) is 48.9 Å². The van der Waals surface area contributed by atoms with Crippen molar-refractivity contribution in [2.24, 2.45) is 11.8 Å². The molecule has 2 N–H and O–H groups in total. The fourth-order valence-corrected chi connectivity index (χ4v) is 4.84. The molecule has 5 nitrogen and oxygen atoms in total. The van der Waals surface area contributed by atoms with Gasteiger partial charge in [0.05, 0.1) is 4.88 Å². The van der Waals surface area contributed by atoms with Crippen LogP contribution in [0.25, 0.3) is 0 Å². The molecule has 3 rings (SSSR count). The van der Waals surface area contributed by atoms with Gasteiger partial charge in [-0.3, -0.25) is 9.59 Å². The highest BCUT2D eigenvalue weighted by atomic mass is 35.5. The normalized spacial score (nSPS) is 20.0. The molecule has 152 valence electrons. The molecule has 0 aliphatic carbocycles. The van der Waals surface area contributed by atoms with E-state index in [0.717, 1.165) is 48.8 Å². The van der Waals surface area contributed by atoms with Crippen molar-refractivity contribution in [1.82, 2.24) is 15.5 Å². The van der Waals surface area contributed by atoms with E-state index in [1.54, 1.807) is 0 Å². The van der Waals surface area contributed by atoms with Gasteiger partial charge in [0.2, 0.25) is 5.91 Å². The number of hydrogen-bond acceptors (Lipinski definition) is 4. The van der Waals surface area contributed by atoms with Crippen LogP contribution in [-0.2, 0) is 4.79 Å². The summed E-state index contributed by atoms with van der Waals surface area (Å²) in [7, 11) is 0. The Bertz CT molecular complexity index is 622. The highest BCUT2D eigenvalue weighted by molar-refractivity contribution is 7.13. The summed E-state index contributed by atoms with van der Waals surface area (Å²) in [5, 5.41) is 6.52. The van der Waals surface area contributed by atoms with Gasteiger partial charge in [0, 0.05) is 30.4 Å². The van der Waals surface area contributed by atoms with Crippen molar-refractivity contribution in [3.8, 4) is 0 Å². The lowest BCUT2D eigenvalue weighted by Crippen LogP contribution is -2.47. The van der Waals surface area contributed by atoms with Crippen LogP contribution >= 0.6 is 23.7 Å². The van der Waals surface area contributed by atoms with Crippen LogP contribution < -0.4 is 10.6 Å². The number of nitrogens with zero attached hydrogens (tertiary/aromatic N) is 1. The first-order valence-electron chi connectivity index (χ1n) is 9.88. The Hall–Kier alpha value is -1.11. The van der Waals surface area contributed by atoms with Gasteiger partial charge in [-0.05, 0) is 69.7 Å². The molecular weight excluding hydrogens is 382 g/mol. The molecule has 2 aliphatic rings. The minimum atomic E-state index is 0. The molecule has 1 aromatic rings. The third kappa shape index (κ3) is 6.19. The Morgan fingerprint density at radius 2 is 1.89 bits per heavy atom. The number of aryl methyl sites for hydroxylation is 1. The van der Waals surface area contributed by atoms with Crippen molar-refractivity contribution in [2.45, 2.75) is 52.0 Å². The number of amides is 2. The van der Waals surface area contributed by atoms with Gasteiger partial charge in [0.25, 0.3) is 5.91 Å². The van der Waals surface area contributed by atoms with Crippen molar-refractivity contribution in [3.05, 3.63) is 21.9 Å². The van der Waals surface area contributed by atoms with E-state index in [0.29, 0.717) is 18.3 Å². The number of hydrogen-bond donors (Lipinski definition) is 2. The van der Waals surface area contributed by atoms with Crippen molar-refractivity contribution in [2.75, 3.05) is 26.2 Å². The molecule has 2 amide bonds. The molecule has 1 unspecified atom stereocenters. The molecule has 0 spiro atoms. The van der Waals surface area contributed by atoms with Crippen LogP contribution in [0.15, 0.2) is 12.1 Å². The second-order valence-electron chi connectivity index (χ2n) is 7.81. The van der Waals surface area contributed by atoms with Crippen LogP contribution in [0.5, 0.6) is 0 Å². The van der Waals surface area contributed by atoms with Gasteiger partial charge in [-0.25, -0.2) is 0 Å². The average molecular weight is 414 g/mol. The summed E-state index contributed by atoms with van der Waals surface area (Å²) in [6.07, 6.45) is 4.73. The number of rotatable bonds is 5. The summed E-state index contributed by atoms with van der Waals surface area (Å²) in [4.78, 5) is 28.8. The van der Waals surface area contributed by atoms with E-state index in [9.17, 15) is 9.59 Å². The summed E-state index contributed by atoms with van der Waals surface area (Å²) in [6, 6.07) is 4.04. The van der Waals surface area contributed by atoms with Crippen LogP contribution in [0.3, 0.4) is 0 Å². The van der Waals surface area contributed by atoms with Crippen LogP contribution in [0.2, 0.25) is 0 Å². The van der Waals surface area contributed by atoms with Crippen molar-refractivity contribution < 1.29 is 9.59 Å². The third-order valence-electron chi connectivity index (χ3n) is 5.83. The van der Waals surface area contributed by atoms with Gasteiger partial charge in [0.1, 0.15) is 0 Å². The van der Waals surface area contributed by atoms with E-state index in [1.165, 1.54) is 24.2 Å². The lowest BCUT2D eigenvalue weighted by atomic mass is 9.84. The average Bonchev–Trinajstić information content (AvgIpc) is 3.09. The maximum Gasteiger partial charge on any atom is 0.261 e. The van der Waals surface area contributed by atoms with Crippen molar-refractivity contribution in [3.63, 3.8) is 0 Å². The molecule has 0 bridgehead atoms. The first kappa shape index (κ1) is 22.2. The Balaban J connectivity index is 0.00000261. The first-order valence-corrected chi connectivity index (χ1v) is 10.7. The zero-order valence-corrected chi connectivity index (χ0v) is 18.0. The van der Waals surface area contributed by atoms with E-state index in [4.69, 9.17) is 0 Å². The molecule has 0 radical (unpaired) electrons. The lowest BCUT2D eigenvalue weighted by molar-refractivity contribution is -0.133. The maximum absolute atomic E-state index is 12.6. The minimum absolute atomic E-state index is 0.